The molecule has 3 heterocycles. The molecule has 0 fully saturated rings. The first-order valence-electron chi connectivity index (χ1n) is 18.5. The molecule has 4 heteroatoms. The van der Waals surface area contributed by atoms with E-state index >= 15 is 0 Å². The molecule has 0 saturated heterocycles. The molecule has 0 aliphatic rings. The molecule has 0 radical (unpaired) electrons. The summed E-state index contributed by atoms with van der Waals surface area (Å²) in [5.41, 5.74) is 11.1. The molecule has 0 bridgehead atoms. The zero-order valence-electron chi connectivity index (χ0n) is 31.0. The molecule has 0 saturated carbocycles. The molecule has 0 spiro atoms. The van der Waals surface area contributed by atoms with E-state index in [9.17, 15) is 0 Å². The molecule has 0 aliphatic carbocycles. The van der Waals surface area contributed by atoms with Crippen molar-refractivity contribution < 1.29 is 8.53 Å². The molecule has 0 unspecified atom stereocenters. The lowest BCUT2D eigenvalue weighted by molar-refractivity contribution is 0.656. The quantitative estimate of drug-likeness (QED) is 0.176. The van der Waals surface area contributed by atoms with Gasteiger partial charge in [-0.05, 0) is 88.8 Å². The summed E-state index contributed by atoms with van der Waals surface area (Å²) >= 11 is 0. The minimum Gasteiger partial charge on any atom is -0.437 e. The van der Waals surface area contributed by atoms with Crippen molar-refractivity contribution in [3.8, 4) is 28.2 Å². The molecule has 238 valence electrons. The predicted octanol–water partition coefficient (Wildman–Crippen LogP) is 12.5. The number of hydrogen-bond acceptors (Lipinski definition) is 3. The topological polar surface area (TPSA) is 43.9 Å². The molecular formula is C45H37N3O. The summed E-state index contributed by atoms with van der Waals surface area (Å²) in [6.07, 6.45) is 0. The summed E-state index contributed by atoms with van der Waals surface area (Å²) in [4.78, 5) is 10.4. The lowest BCUT2D eigenvalue weighted by Gasteiger charge is -2.24. The van der Waals surface area contributed by atoms with Gasteiger partial charge in [-0.3, -0.25) is 4.57 Å². The van der Waals surface area contributed by atoms with E-state index in [1.807, 2.05) is 24.3 Å². The smallest absolute Gasteiger partial charge is 0.227 e. The van der Waals surface area contributed by atoms with Crippen LogP contribution >= 0.6 is 0 Å². The third kappa shape index (κ3) is 4.66. The van der Waals surface area contributed by atoms with Gasteiger partial charge in [-0.1, -0.05) is 112 Å². The lowest BCUT2D eigenvalue weighted by Crippen LogP contribution is -2.09. The standard InChI is InChI=1S/C45H37N3O/c1-26(2)35-24-32(29-12-7-6-8-13-29)25-36(27(3)4)42(35)48-40-17-10-9-16-39(40)46-44(48)34-15-11-14-33-38-23-31-21-20-30-19-18-28(5)22-37(30)41(31)47-45(38)49-43(33)34/h6-27H,1-5H3/i5D3. The zero-order valence-corrected chi connectivity index (χ0v) is 28.0. The Balaban J connectivity index is 1.33. The van der Waals surface area contributed by atoms with Crippen LogP contribution in [0.25, 0.3) is 83.0 Å². The van der Waals surface area contributed by atoms with Crippen LogP contribution in [-0.2, 0) is 0 Å². The molecule has 9 aromatic rings. The molecule has 0 amide bonds. The van der Waals surface area contributed by atoms with Gasteiger partial charge in [-0.2, -0.15) is 0 Å². The van der Waals surface area contributed by atoms with Crippen molar-refractivity contribution in [3.63, 3.8) is 0 Å². The first-order chi connectivity index (χ1) is 25.1. The van der Waals surface area contributed by atoms with Gasteiger partial charge >= 0.3 is 0 Å². The highest BCUT2D eigenvalue weighted by molar-refractivity contribution is 6.14. The molecule has 4 nitrogen and oxygen atoms in total. The van der Waals surface area contributed by atoms with Crippen molar-refractivity contribution in [3.05, 3.63) is 138 Å². The Morgan fingerprint density at radius 2 is 1.37 bits per heavy atom. The number of furan rings is 1. The van der Waals surface area contributed by atoms with Gasteiger partial charge in [0.2, 0.25) is 5.71 Å². The summed E-state index contributed by atoms with van der Waals surface area (Å²) in [6, 6.07) is 41.3. The number of fused-ring (bicyclic) bond motifs is 7. The van der Waals surface area contributed by atoms with Gasteiger partial charge in [0.25, 0.3) is 0 Å². The van der Waals surface area contributed by atoms with E-state index in [0.717, 1.165) is 55.0 Å². The molecule has 3 aromatic heterocycles. The van der Waals surface area contributed by atoms with Crippen LogP contribution in [0, 0.1) is 6.85 Å². The maximum absolute atomic E-state index is 7.99. The minimum atomic E-state index is -2.22. The second-order valence-electron chi connectivity index (χ2n) is 13.6. The summed E-state index contributed by atoms with van der Waals surface area (Å²) in [5, 5.41) is 4.49. The maximum atomic E-state index is 7.99. The molecule has 49 heavy (non-hydrogen) atoms. The van der Waals surface area contributed by atoms with Crippen molar-refractivity contribution in [2.24, 2.45) is 0 Å². The van der Waals surface area contributed by atoms with Crippen molar-refractivity contribution in [2.75, 3.05) is 0 Å². The number of imidazole rings is 1. The summed E-state index contributed by atoms with van der Waals surface area (Å²) in [5.74, 6) is 1.29. The highest BCUT2D eigenvalue weighted by Crippen LogP contribution is 2.43. The number of aryl methyl sites for hydroxylation is 1. The van der Waals surface area contributed by atoms with Crippen LogP contribution in [0.3, 0.4) is 0 Å². The Bertz CT molecular complexity index is 2820. The largest absolute Gasteiger partial charge is 0.437 e. The average Bonchev–Trinajstić information content (AvgIpc) is 3.71. The fraction of sp³-hybridized carbons (Fsp3) is 0.156. The van der Waals surface area contributed by atoms with Gasteiger partial charge in [-0.15, -0.1) is 0 Å². The summed E-state index contributed by atoms with van der Waals surface area (Å²) in [6.45, 7) is 6.83. The van der Waals surface area contributed by atoms with Gasteiger partial charge in [0.15, 0.2) is 0 Å². The van der Waals surface area contributed by atoms with Crippen LogP contribution in [0.15, 0.2) is 126 Å². The summed E-state index contributed by atoms with van der Waals surface area (Å²) < 4.78 is 33.1. The number of rotatable bonds is 5. The maximum Gasteiger partial charge on any atom is 0.227 e. The minimum absolute atomic E-state index is 0.240. The zero-order chi connectivity index (χ0) is 35.9. The van der Waals surface area contributed by atoms with E-state index in [4.69, 9.17) is 18.5 Å². The number of aromatic nitrogens is 3. The van der Waals surface area contributed by atoms with Crippen molar-refractivity contribution in [1.29, 1.82) is 0 Å². The molecule has 9 rings (SSSR count). The second-order valence-corrected chi connectivity index (χ2v) is 13.6. The SMILES string of the molecule is [2H]C([2H])([2H])c1ccc2ccc3cc4c(nc3c2c1)oc1c(-c2nc3ccccc3n2-c2c(C(C)C)cc(-c3ccccc3)cc2C(C)C)cccc14. The van der Waals surface area contributed by atoms with Gasteiger partial charge < -0.3 is 4.42 Å². The number of nitrogens with zero attached hydrogens (tertiary/aromatic N) is 3. The Morgan fingerprint density at radius 1 is 0.633 bits per heavy atom. The van der Waals surface area contributed by atoms with Gasteiger partial charge in [0, 0.05) is 25.7 Å². The average molecular weight is 639 g/mol. The Morgan fingerprint density at radius 3 is 2.14 bits per heavy atom. The number of pyridine rings is 1. The molecular weight excluding hydrogens is 599 g/mol. The predicted molar refractivity (Wildman–Crippen MR) is 205 cm³/mol. The fourth-order valence-corrected chi connectivity index (χ4v) is 7.39. The number of hydrogen-bond donors (Lipinski definition) is 0. The Labute approximate surface area is 289 Å². The molecule has 0 atom stereocenters. The lowest BCUT2D eigenvalue weighted by atomic mass is 9.88. The van der Waals surface area contributed by atoms with Crippen molar-refractivity contribution in [2.45, 2.75) is 46.4 Å². The monoisotopic (exact) mass is 638 g/mol. The fourth-order valence-electron chi connectivity index (χ4n) is 7.39. The number of para-hydroxylation sites is 3. The van der Waals surface area contributed by atoms with E-state index in [0.29, 0.717) is 22.4 Å². The highest BCUT2D eigenvalue weighted by Gasteiger charge is 2.25. The van der Waals surface area contributed by atoms with Crippen molar-refractivity contribution in [1.82, 2.24) is 14.5 Å². The van der Waals surface area contributed by atoms with Crippen LogP contribution in [-0.4, -0.2) is 14.5 Å². The third-order valence-corrected chi connectivity index (χ3v) is 9.82. The van der Waals surface area contributed by atoms with Crippen LogP contribution in [0.4, 0.5) is 0 Å². The third-order valence-electron chi connectivity index (χ3n) is 9.82. The van der Waals surface area contributed by atoms with E-state index in [2.05, 4.69) is 117 Å². The van der Waals surface area contributed by atoms with E-state index < -0.39 is 6.85 Å². The number of benzene rings is 6. The van der Waals surface area contributed by atoms with E-state index in [-0.39, 0.29) is 11.8 Å². The molecule has 0 N–H and O–H groups in total. The Hall–Kier alpha value is -5.74. The van der Waals surface area contributed by atoms with Gasteiger partial charge in [0.05, 0.1) is 27.8 Å². The van der Waals surface area contributed by atoms with Gasteiger partial charge in [-0.25, -0.2) is 9.97 Å². The molecule has 0 aliphatic heterocycles. The highest BCUT2D eigenvalue weighted by atomic mass is 16.3. The summed E-state index contributed by atoms with van der Waals surface area (Å²) in [7, 11) is 0. The van der Waals surface area contributed by atoms with Gasteiger partial charge in [0.1, 0.15) is 11.4 Å². The van der Waals surface area contributed by atoms with E-state index in [1.165, 1.54) is 22.3 Å². The van der Waals surface area contributed by atoms with Crippen LogP contribution in [0.2, 0.25) is 0 Å². The van der Waals surface area contributed by atoms with E-state index in [1.54, 1.807) is 12.1 Å². The van der Waals surface area contributed by atoms with Crippen LogP contribution in [0.5, 0.6) is 0 Å². The van der Waals surface area contributed by atoms with Crippen LogP contribution in [0.1, 0.15) is 60.3 Å². The second kappa shape index (κ2) is 11.2. The first kappa shape index (κ1) is 26.2. The normalized spacial score (nSPS) is 13.3. The molecule has 6 aromatic carbocycles. The van der Waals surface area contributed by atoms with Crippen molar-refractivity contribution >= 4 is 54.8 Å². The Kier molecular flexibility index (Phi) is 5.98. The van der Waals surface area contributed by atoms with Crippen LogP contribution < -0.4 is 0 Å². The first-order valence-corrected chi connectivity index (χ1v) is 17.0.